The van der Waals surface area contributed by atoms with E-state index in [0.717, 1.165) is 12.1 Å². The molecule has 0 saturated carbocycles. The highest BCUT2D eigenvalue weighted by molar-refractivity contribution is 7.89. The highest BCUT2D eigenvalue weighted by Gasteiger charge is 2.35. The second-order valence-corrected chi connectivity index (χ2v) is 5.95. The molecule has 1 heterocycles. The molecule has 0 unspecified atom stereocenters. The standard InChI is InChI=1S/C11H14F2N2O2S/c1-2-15(9-6-14-7-9)18(16,17)11-4-3-8(12)5-10(11)13/h3-5,9,14H,2,6-7H2,1H3. The van der Waals surface area contributed by atoms with Gasteiger partial charge in [0.2, 0.25) is 10.0 Å². The van der Waals surface area contributed by atoms with Gasteiger partial charge in [0.15, 0.2) is 0 Å². The van der Waals surface area contributed by atoms with Gasteiger partial charge in [-0.25, -0.2) is 17.2 Å². The molecule has 0 aliphatic carbocycles. The van der Waals surface area contributed by atoms with Gasteiger partial charge >= 0.3 is 0 Å². The average Bonchev–Trinajstić information content (AvgIpc) is 2.22. The summed E-state index contributed by atoms with van der Waals surface area (Å²) in [6, 6.07) is 2.33. The van der Waals surface area contributed by atoms with Gasteiger partial charge in [0.25, 0.3) is 0 Å². The number of benzene rings is 1. The minimum Gasteiger partial charge on any atom is -0.313 e. The van der Waals surface area contributed by atoms with Gasteiger partial charge in [0.05, 0.1) is 6.04 Å². The normalized spacial score (nSPS) is 16.9. The quantitative estimate of drug-likeness (QED) is 0.890. The summed E-state index contributed by atoms with van der Waals surface area (Å²) >= 11 is 0. The minimum atomic E-state index is -3.91. The Kier molecular flexibility index (Phi) is 3.65. The predicted octanol–water partition coefficient (Wildman–Crippen LogP) is 0.947. The van der Waals surface area contributed by atoms with Crippen molar-refractivity contribution >= 4 is 10.0 Å². The molecular formula is C11H14F2N2O2S. The van der Waals surface area contributed by atoms with Crippen LogP contribution in [0.25, 0.3) is 0 Å². The molecule has 1 aliphatic rings. The second kappa shape index (κ2) is 4.91. The van der Waals surface area contributed by atoms with Crippen LogP contribution in [-0.4, -0.2) is 38.4 Å². The lowest BCUT2D eigenvalue weighted by Crippen LogP contribution is -2.58. The molecule has 1 fully saturated rings. The fraction of sp³-hybridized carbons (Fsp3) is 0.455. The van der Waals surface area contributed by atoms with Crippen LogP contribution < -0.4 is 5.32 Å². The van der Waals surface area contributed by atoms with Crippen LogP contribution in [0.15, 0.2) is 23.1 Å². The van der Waals surface area contributed by atoms with Crippen molar-refractivity contribution in [2.24, 2.45) is 0 Å². The molecule has 1 saturated heterocycles. The summed E-state index contributed by atoms with van der Waals surface area (Å²) in [4.78, 5) is -0.474. The van der Waals surface area contributed by atoms with Crippen molar-refractivity contribution in [2.75, 3.05) is 19.6 Å². The number of nitrogens with one attached hydrogen (secondary N) is 1. The van der Waals surface area contributed by atoms with E-state index in [9.17, 15) is 17.2 Å². The fourth-order valence-electron chi connectivity index (χ4n) is 1.91. The minimum absolute atomic E-state index is 0.163. The Balaban J connectivity index is 2.39. The zero-order valence-electron chi connectivity index (χ0n) is 9.86. The molecule has 100 valence electrons. The van der Waals surface area contributed by atoms with E-state index in [1.54, 1.807) is 6.92 Å². The molecule has 4 nitrogen and oxygen atoms in total. The summed E-state index contributed by atoms with van der Waals surface area (Å²) in [7, 11) is -3.91. The molecule has 0 spiro atoms. The van der Waals surface area contributed by atoms with Crippen LogP contribution in [0.1, 0.15) is 6.92 Å². The molecule has 1 aromatic rings. The molecule has 7 heteroatoms. The highest BCUT2D eigenvalue weighted by atomic mass is 32.2. The topological polar surface area (TPSA) is 49.4 Å². The van der Waals surface area contributed by atoms with Crippen molar-refractivity contribution in [3.05, 3.63) is 29.8 Å². The van der Waals surface area contributed by atoms with E-state index in [4.69, 9.17) is 0 Å². The Morgan fingerprint density at radius 3 is 2.50 bits per heavy atom. The number of likely N-dealkylation sites (N-methyl/N-ethyl adjacent to an activating group) is 1. The largest absolute Gasteiger partial charge is 0.313 e. The summed E-state index contributed by atoms with van der Waals surface area (Å²) in [6.45, 7) is 3.05. The van der Waals surface area contributed by atoms with Crippen LogP contribution in [0, 0.1) is 11.6 Å². The summed E-state index contributed by atoms with van der Waals surface area (Å²) in [5.41, 5.74) is 0. The Hall–Kier alpha value is -1.05. The summed E-state index contributed by atoms with van der Waals surface area (Å²) in [5.74, 6) is -1.85. The Morgan fingerprint density at radius 1 is 1.39 bits per heavy atom. The molecule has 18 heavy (non-hydrogen) atoms. The molecule has 0 radical (unpaired) electrons. The maximum atomic E-state index is 13.6. The van der Waals surface area contributed by atoms with Crippen molar-refractivity contribution in [1.29, 1.82) is 0 Å². The second-order valence-electron chi connectivity index (χ2n) is 4.10. The molecule has 0 amide bonds. The molecule has 0 bridgehead atoms. The van der Waals surface area contributed by atoms with Crippen LogP contribution in [-0.2, 0) is 10.0 Å². The first kappa shape index (κ1) is 13.4. The summed E-state index contributed by atoms with van der Waals surface area (Å²) in [5, 5.41) is 2.96. The van der Waals surface area contributed by atoms with Gasteiger partial charge in [-0.2, -0.15) is 4.31 Å². The Bertz CT molecular complexity index is 544. The molecule has 0 atom stereocenters. The van der Waals surface area contributed by atoms with Gasteiger partial charge in [-0.1, -0.05) is 6.92 Å². The summed E-state index contributed by atoms with van der Waals surface area (Å²) in [6.07, 6.45) is 0. The van der Waals surface area contributed by atoms with Crippen LogP contribution in [0.2, 0.25) is 0 Å². The lowest BCUT2D eigenvalue weighted by molar-refractivity contribution is 0.249. The van der Waals surface area contributed by atoms with Crippen LogP contribution in [0.5, 0.6) is 0 Å². The van der Waals surface area contributed by atoms with Crippen LogP contribution >= 0.6 is 0 Å². The SMILES string of the molecule is CCN(C1CNC1)S(=O)(=O)c1ccc(F)cc1F. The number of hydrogen-bond donors (Lipinski definition) is 1. The molecule has 0 aromatic heterocycles. The third-order valence-corrected chi connectivity index (χ3v) is 5.02. The molecule has 1 aliphatic heterocycles. The zero-order valence-corrected chi connectivity index (χ0v) is 10.7. The van der Waals surface area contributed by atoms with E-state index < -0.39 is 26.6 Å². The number of halogens is 2. The maximum absolute atomic E-state index is 13.6. The van der Waals surface area contributed by atoms with E-state index in [1.807, 2.05) is 0 Å². The average molecular weight is 276 g/mol. The third-order valence-electron chi connectivity index (χ3n) is 2.96. The monoisotopic (exact) mass is 276 g/mol. The zero-order chi connectivity index (χ0) is 13.3. The number of hydrogen-bond acceptors (Lipinski definition) is 3. The molecule has 1 N–H and O–H groups in total. The lowest BCUT2D eigenvalue weighted by atomic mass is 10.2. The van der Waals surface area contributed by atoms with Crippen molar-refractivity contribution < 1.29 is 17.2 Å². The van der Waals surface area contributed by atoms with Crippen molar-refractivity contribution in [2.45, 2.75) is 17.9 Å². The number of nitrogens with zero attached hydrogens (tertiary/aromatic N) is 1. The van der Waals surface area contributed by atoms with E-state index in [2.05, 4.69) is 5.32 Å². The van der Waals surface area contributed by atoms with E-state index in [0.29, 0.717) is 19.2 Å². The van der Waals surface area contributed by atoms with Gasteiger partial charge < -0.3 is 5.32 Å². The van der Waals surface area contributed by atoms with Crippen molar-refractivity contribution in [3.63, 3.8) is 0 Å². The third kappa shape index (κ3) is 2.25. The molecular weight excluding hydrogens is 262 g/mol. The predicted molar refractivity (Wildman–Crippen MR) is 62.6 cm³/mol. The molecule has 2 rings (SSSR count). The van der Waals surface area contributed by atoms with E-state index in [1.165, 1.54) is 4.31 Å². The smallest absolute Gasteiger partial charge is 0.246 e. The molecule has 1 aromatic carbocycles. The van der Waals surface area contributed by atoms with Crippen LogP contribution in [0.3, 0.4) is 0 Å². The Morgan fingerprint density at radius 2 is 2.06 bits per heavy atom. The van der Waals surface area contributed by atoms with Gasteiger partial charge in [-0.05, 0) is 12.1 Å². The first-order valence-corrected chi connectivity index (χ1v) is 7.08. The van der Waals surface area contributed by atoms with Gasteiger partial charge in [-0.3, -0.25) is 0 Å². The fourth-order valence-corrected chi connectivity index (χ4v) is 3.59. The van der Waals surface area contributed by atoms with Gasteiger partial charge in [0.1, 0.15) is 16.5 Å². The maximum Gasteiger partial charge on any atom is 0.246 e. The summed E-state index contributed by atoms with van der Waals surface area (Å²) < 4.78 is 52.1. The van der Waals surface area contributed by atoms with Gasteiger partial charge in [-0.15, -0.1) is 0 Å². The Labute approximate surface area is 105 Å². The first-order chi connectivity index (χ1) is 8.46. The van der Waals surface area contributed by atoms with Crippen molar-refractivity contribution in [3.8, 4) is 0 Å². The van der Waals surface area contributed by atoms with Crippen molar-refractivity contribution in [1.82, 2.24) is 9.62 Å². The number of sulfonamides is 1. The first-order valence-electron chi connectivity index (χ1n) is 5.64. The lowest BCUT2D eigenvalue weighted by Gasteiger charge is -2.36. The van der Waals surface area contributed by atoms with Gasteiger partial charge in [0, 0.05) is 25.7 Å². The van der Waals surface area contributed by atoms with Crippen LogP contribution in [0.4, 0.5) is 8.78 Å². The number of rotatable bonds is 4. The highest BCUT2D eigenvalue weighted by Crippen LogP contribution is 2.22. The van der Waals surface area contributed by atoms with E-state index in [-0.39, 0.29) is 12.6 Å². The van der Waals surface area contributed by atoms with E-state index >= 15 is 0 Å².